The summed E-state index contributed by atoms with van der Waals surface area (Å²) in [6, 6.07) is 10.6. The number of carboxylic acids is 1. The second-order valence-electron chi connectivity index (χ2n) is 8.32. The lowest BCUT2D eigenvalue weighted by atomic mass is 9.69. The molecule has 3 aromatic rings. The van der Waals surface area contributed by atoms with Crippen LogP contribution in [-0.4, -0.2) is 32.9 Å². The summed E-state index contributed by atoms with van der Waals surface area (Å²) in [5, 5.41) is 18.1. The minimum atomic E-state index is -0.945. The van der Waals surface area contributed by atoms with Gasteiger partial charge in [0, 0.05) is 53.2 Å². The van der Waals surface area contributed by atoms with Gasteiger partial charge in [-0.05, 0) is 43.2 Å². The van der Waals surface area contributed by atoms with Crippen molar-refractivity contribution < 1.29 is 14.7 Å². The number of benzene rings is 1. The maximum Gasteiger partial charge on any atom is 0.326 e. The monoisotopic (exact) mass is 430 g/mol. The molecule has 7 nitrogen and oxygen atoms in total. The summed E-state index contributed by atoms with van der Waals surface area (Å²) in [5.74, 6) is -0.154. The van der Waals surface area contributed by atoms with E-state index in [4.69, 9.17) is 0 Å². The molecule has 3 N–H and O–H groups in total. The number of fused-ring (bicyclic) bond motifs is 1. The predicted octanol–water partition coefficient (Wildman–Crippen LogP) is 4.23. The molecule has 1 aromatic carbocycles. The number of nitrogens with one attached hydrogen (secondary N) is 2. The minimum Gasteiger partial charge on any atom is -0.480 e. The molecule has 0 aliphatic heterocycles. The highest BCUT2D eigenvalue weighted by Crippen LogP contribution is 2.40. The highest BCUT2D eigenvalue weighted by Gasteiger charge is 2.44. The molecule has 1 aliphatic rings. The topological polar surface area (TPSA) is 104 Å². The van der Waals surface area contributed by atoms with Crippen molar-refractivity contribution in [2.24, 2.45) is 5.41 Å². The standard InChI is InChI=1S/C25H26N4O3/c1-3-10-25(2)21(14-22(25)30)29-20(24(31)32)13-16-4-6-18(7-5-16)28-23-19-9-11-26-15-17(19)8-12-27-23/h4-9,11-12,14-15,20,29H,3,10,13H2,1-2H3,(H,27,28)(H,31,32)/t20-,25+/m0/s1. The summed E-state index contributed by atoms with van der Waals surface area (Å²) in [7, 11) is 0. The Morgan fingerprint density at radius 1 is 1.16 bits per heavy atom. The summed E-state index contributed by atoms with van der Waals surface area (Å²) in [6.45, 7) is 3.89. The van der Waals surface area contributed by atoms with E-state index in [0.717, 1.165) is 34.3 Å². The van der Waals surface area contributed by atoms with E-state index in [9.17, 15) is 14.7 Å². The van der Waals surface area contributed by atoms with Crippen LogP contribution < -0.4 is 10.6 Å². The Morgan fingerprint density at radius 3 is 2.62 bits per heavy atom. The highest BCUT2D eigenvalue weighted by molar-refractivity contribution is 6.04. The van der Waals surface area contributed by atoms with Crippen LogP contribution in [0.2, 0.25) is 0 Å². The minimum absolute atomic E-state index is 0.0549. The number of carboxylic acid groups (broad SMARTS) is 1. The van der Waals surface area contributed by atoms with Gasteiger partial charge < -0.3 is 15.7 Å². The Hall–Kier alpha value is -3.74. The first kappa shape index (κ1) is 21.5. The number of ketones is 1. The van der Waals surface area contributed by atoms with Crippen molar-refractivity contribution in [1.29, 1.82) is 0 Å². The van der Waals surface area contributed by atoms with Gasteiger partial charge in [-0.3, -0.25) is 9.78 Å². The molecule has 0 spiro atoms. The normalized spacial score (nSPS) is 18.6. The lowest BCUT2D eigenvalue weighted by molar-refractivity contribution is -0.139. The summed E-state index contributed by atoms with van der Waals surface area (Å²) in [4.78, 5) is 32.5. The van der Waals surface area contributed by atoms with Crippen LogP contribution in [-0.2, 0) is 16.0 Å². The molecule has 0 saturated heterocycles. The summed E-state index contributed by atoms with van der Waals surface area (Å²) >= 11 is 0. The van der Waals surface area contributed by atoms with E-state index in [2.05, 4.69) is 20.6 Å². The van der Waals surface area contributed by atoms with Crippen LogP contribution in [0.25, 0.3) is 10.8 Å². The Labute approximate surface area is 186 Å². The molecule has 2 heterocycles. The van der Waals surface area contributed by atoms with Gasteiger partial charge in [0.25, 0.3) is 0 Å². The molecule has 0 fully saturated rings. The Morgan fingerprint density at radius 2 is 1.94 bits per heavy atom. The number of carbonyl (C=O) groups is 2. The third-order valence-corrected chi connectivity index (χ3v) is 6.01. The van der Waals surface area contributed by atoms with Crippen LogP contribution >= 0.6 is 0 Å². The van der Waals surface area contributed by atoms with Gasteiger partial charge in [-0.25, -0.2) is 9.78 Å². The summed E-state index contributed by atoms with van der Waals surface area (Å²) in [6.07, 6.45) is 8.64. The summed E-state index contributed by atoms with van der Waals surface area (Å²) < 4.78 is 0. The van der Waals surface area contributed by atoms with Crippen LogP contribution in [0.1, 0.15) is 32.3 Å². The van der Waals surface area contributed by atoms with Crippen molar-refractivity contribution in [2.45, 2.75) is 39.2 Å². The van der Waals surface area contributed by atoms with Gasteiger partial charge in [-0.15, -0.1) is 0 Å². The van der Waals surface area contributed by atoms with E-state index in [0.29, 0.717) is 18.5 Å². The van der Waals surface area contributed by atoms with Crippen LogP contribution in [0.3, 0.4) is 0 Å². The third-order valence-electron chi connectivity index (χ3n) is 6.01. The van der Waals surface area contributed by atoms with Crippen molar-refractivity contribution in [3.8, 4) is 0 Å². The maximum atomic E-state index is 12.1. The number of hydrogen-bond acceptors (Lipinski definition) is 6. The molecule has 7 heteroatoms. The van der Waals surface area contributed by atoms with E-state index in [1.165, 1.54) is 6.08 Å². The van der Waals surface area contributed by atoms with Gasteiger partial charge in [0.05, 0.1) is 5.41 Å². The Bertz CT molecular complexity index is 1180. The molecule has 164 valence electrons. The van der Waals surface area contributed by atoms with Gasteiger partial charge in [0.15, 0.2) is 5.78 Å². The quantitative estimate of drug-likeness (QED) is 0.467. The summed E-state index contributed by atoms with van der Waals surface area (Å²) in [5.41, 5.74) is 1.85. The molecule has 4 rings (SSSR count). The van der Waals surface area contributed by atoms with Crippen LogP contribution in [0.5, 0.6) is 0 Å². The van der Waals surface area contributed by atoms with Gasteiger partial charge >= 0.3 is 5.97 Å². The zero-order valence-corrected chi connectivity index (χ0v) is 18.1. The van der Waals surface area contributed by atoms with E-state index in [1.54, 1.807) is 18.6 Å². The lowest BCUT2D eigenvalue weighted by Crippen LogP contribution is -2.49. The fourth-order valence-corrected chi connectivity index (χ4v) is 4.06. The van der Waals surface area contributed by atoms with Gasteiger partial charge in [-0.1, -0.05) is 25.5 Å². The number of allylic oxidation sites excluding steroid dienone is 2. The molecule has 0 saturated carbocycles. The molecule has 32 heavy (non-hydrogen) atoms. The van der Waals surface area contributed by atoms with Crippen LogP contribution in [0.4, 0.5) is 11.5 Å². The molecule has 2 aromatic heterocycles. The first-order valence-electron chi connectivity index (χ1n) is 10.7. The van der Waals surface area contributed by atoms with Gasteiger partial charge in [-0.2, -0.15) is 0 Å². The van der Waals surface area contributed by atoms with Crippen molar-refractivity contribution in [2.75, 3.05) is 5.32 Å². The fourth-order valence-electron chi connectivity index (χ4n) is 4.06. The number of hydrogen-bond donors (Lipinski definition) is 3. The molecule has 1 aliphatic carbocycles. The number of rotatable bonds is 9. The number of anilines is 2. The zero-order valence-electron chi connectivity index (χ0n) is 18.1. The SMILES string of the molecule is CCC[C@@]1(C)C(=O)C=C1N[C@@H](Cc1ccc(Nc2nccc3cnccc23)cc1)C(=O)O. The smallest absolute Gasteiger partial charge is 0.326 e. The average molecular weight is 431 g/mol. The zero-order chi connectivity index (χ0) is 22.7. The second kappa shape index (κ2) is 8.78. The molecule has 0 bridgehead atoms. The molecule has 2 atom stereocenters. The largest absolute Gasteiger partial charge is 0.480 e. The van der Waals surface area contributed by atoms with Gasteiger partial charge in [0.2, 0.25) is 0 Å². The number of aromatic nitrogens is 2. The van der Waals surface area contributed by atoms with Crippen LogP contribution in [0.15, 0.2) is 66.8 Å². The van der Waals surface area contributed by atoms with Crippen molar-refractivity contribution in [1.82, 2.24) is 15.3 Å². The molecule has 0 amide bonds. The number of nitrogens with zero attached hydrogens (tertiary/aromatic N) is 2. The van der Waals surface area contributed by atoms with Crippen molar-refractivity contribution in [3.05, 3.63) is 72.3 Å². The second-order valence-corrected chi connectivity index (χ2v) is 8.32. The first-order valence-corrected chi connectivity index (χ1v) is 10.7. The fraction of sp³-hybridized carbons (Fsp3) is 0.280. The molecular formula is C25H26N4O3. The number of carbonyl (C=O) groups excluding carboxylic acids is 1. The average Bonchev–Trinajstić information content (AvgIpc) is 2.79. The molecule has 0 radical (unpaired) electrons. The predicted molar refractivity (Wildman–Crippen MR) is 124 cm³/mol. The van der Waals surface area contributed by atoms with E-state index in [-0.39, 0.29) is 5.78 Å². The third kappa shape index (κ3) is 4.19. The van der Waals surface area contributed by atoms with Gasteiger partial charge in [0.1, 0.15) is 11.9 Å². The molecule has 0 unspecified atom stereocenters. The maximum absolute atomic E-state index is 12.1. The molecular weight excluding hydrogens is 404 g/mol. The highest BCUT2D eigenvalue weighted by atomic mass is 16.4. The van der Waals surface area contributed by atoms with E-state index in [1.807, 2.05) is 50.2 Å². The lowest BCUT2D eigenvalue weighted by Gasteiger charge is -2.38. The number of pyridine rings is 2. The number of aliphatic carboxylic acids is 1. The first-order chi connectivity index (χ1) is 15.4. The van der Waals surface area contributed by atoms with Crippen molar-refractivity contribution in [3.63, 3.8) is 0 Å². The Balaban J connectivity index is 1.45. The van der Waals surface area contributed by atoms with Crippen LogP contribution in [0, 0.1) is 5.41 Å². The van der Waals surface area contributed by atoms with E-state index >= 15 is 0 Å². The van der Waals surface area contributed by atoms with E-state index < -0.39 is 17.4 Å². The van der Waals surface area contributed by atoms with Crippen molar-refractivity contribution >= 4 is 34.0 Å². The Kier molecular flexibility index (Phi) is 5.90.